The second-order valence-electron chi connectivity index (χ2n) is 6.49. The number of benzene rings is 2. The molecule has 0 N–H and O–H groups in total. The van der Waals surface area contributed by atoms with E-state index in [4.69, 9.17) is 46.4 Å². The molecular weight excluding hydrogens is 507 g/mol. The van der Waals surface area contributed by atoms with Crippen LogP contribution in [0.25, 0.3) is 0 Å². The van der Waals surface area contributed by atoms with Gasteiger partial charge in [-0.1, -0.05) is 58.2 Å². The zero-order valence-corrected chi connectivity index (χ0v) is 19.7. The van der Waals surface area contributed by atoms with Crippen LogP contribution in [-0.4, -0.2) is 36.0 Å². The Bertz CT molecular complexity index is 1000. The molecule has 31 heavy (non-hydrogen) atoms. The lowest BCUT2D eigenvalue weighted by atomic mass is 10.2. The van der Waals surface area contributed by atoms with Gasteiger partial charge in [0, 0.05) is 41.8 Å². The number of hydrogen-bond donors (Lipinski definition) is 0. The highest BCUT2D eigenvalue weighted by atomic mass is 35.5. The minimum Gasteiger partial charge on any atom is -0.368 e. The lowest BCUT2D eigenvalue weighted by molar-refractivity contribution is -0.421. The standard InChI is InChI=1S/C20H16Cl4FN3O2S/c21-13-1-7-16(8-2-13)31-20(18(28(29)30)17(22)19(23)24)27-11-9-26(10-12-27)15-5-3-14(25)4-6-15/h1-8H,9-12H2/b20-18-. The summed E-state index contributed by atoms with van der Waals surface area (Å²) < 4.78 is 12.8. The van der Waals surface area contributed by atoms with Gasteiger partial charge < -0.3 is 9.80 Å². The van der Waals surface area contributed by atoms with Gasteiger partial charge in [-0.25, -0.2) is 4.39 Å². The molecule has 1 aliphatic rings. The fourth-order valence-electron chi connectivity index (χ4n) is 3.04. The van der Waals surface area contributed by atoms with Gasteiger partial charge >= 0.3 is 5.70 Å². The molecule has 0 aromatic heterocycles. The van der Waals surface area contributed by atoms with E-state index < -0.39 is 4.92 Å². The van der Waals surface area contributed by atoms with Crippen molar-refractivity contribution in [1.29, 1.82) is 0 Å². The summed E-state index contributed by atoms with van der Waals surface area (Å²) in [4.78, 5) is 16.0. The van der Waals surface area contributed by atoms with Crippen LogP contribution in [0.4, 0.5) is 10.1 Å². The highest BCUT2D eigenvalue weighted by molar-refractivity contribution is 8.03. The number of anilines is 1. The molecule has 1 saturated heterocycles. The van der Waals surface area contributed by atoms with Crippen molar-refractivity contribution in [2.24, 2.45) is 0 Å². The fourth-order valence-corrected chi connectivity index (χ4v) is 4.64. The lowest BCUT2D eigenvalue weighted by Gasteiger charge is -2.37. The Kier molecular flexibility index (Phi) is 8.36. The van der Waals surface area contributed by atoms with E-state index in [1.165, 1.54) is 23.9 Å². The van der Waals surface area contributed by atoms with Crippen molar-refractivity contribution in [3.8, 4) is 0 Å². The van der Waals surface area contributed by atoms with Crippen LogP contribution in [-0.2, 0) is 0 Å². The molecule has 0 atom stereocenters. The first kappa shape index (κ1) is 24.0. The number of thioether (sulfide) groups is 1. The van der Waals surface area contributed by atoms with E-state index >= 15 is 0 Å². The van der Waals surface area contributed by atoms with Crippen molar-refractivity contribution in [3.63, 3.8) is 0 Å². The summed E-state index contributed by atoms with van der Waals surface area (Å²) in [5.74, 6) is -0.304. The first-order valence-electron chi connectivity index (χ1n) is 9.05. The molecule has 1 fully saturated rings. The van der Waals surface area contributed by atoms with Gasteiger partial charge in [0.15, 0.2) is 10.1 Å². The average Bonchev–Trinajstić information content (AvgIpc) is 2.75. The van der Waals surface area contributed by atoms with E-state index in [1.807, 2.05) is 4.90 Å². The summed E-state index contributed by atoms with van der Waals surface area (Å²) in [6, 6.07) is 13.2. The van der Waals surface area contributed by atoms with Crippen molar-refractivity contribution in [3.05, 3.63) is 89.7 Å². The van der Waals surface area contributed by atoms with Crippen molar-refractivity contribution >= 4 is 63.9 Å². The Hall–Kier alpha value is -1.64. The molecular formula is C20H16Cl4FN3O2S. The van der Waals surface area contributed by atoms with Crippen molar-refractivity contribution in [2.75, 3.05) is 31.1 Å². The molecule has 0 aliphatic carbocycles. The average molecular weight is 523 g/mol. The lowest BCUT2D eigenvalue weighted by Crippen LogP contribution is -2.46. The summed E-state index contributed by atoms with van der Waals surface area (Å²) in [6.07, 6.45) is 0. The summed E-state index contributed by atoms with van der Waals surface area (Å²) in [5.41, 5.74) is 0.519. The molecule has 0 amide bonds. The zero-order valence-electron chi connectivity index (χ0n) is 15.9. The number of halogens is 5. The minimum absolute atomic E-state index is 0.304. The molecule has 1 aliphatic heterocycles. The highest BCUT2D eigenvalue weighted by Crippen LogP contribution is 2.38. The van der Waals surface area contributed by atoms with E-state index in [-0.39, 0.29) is 21.0 Å². The second-order valence-corrected chi connectivity index (χ2v) is 9.32. The van der Waals surface area contributed by atoms with E-state index in [2.05, 4.69) is 4.90 Å². The summed E-state index contributed by atoms with van der Waals surface area (Å²) in [7, 11) is 0. The maximum absolute atomic E-state index is 13.2. The maximum Gasteiger partial charge on any atom is 0.320 e. The van der Waals surface area contributed by atoms with Crippen molar-refractivity contribution in [2.45, 2.75) is 4.90 Å². The monoisotopic (exact) mass is 521 g/mol. The van der Waals surface area contributed by atoms with Crippen LogP contribution in [0.3, 0.4) is 0 Å². The fraction of sp³-hybridized carbons (Fsp3) is 0.200. The molecule has 0 spiro atoms. The van der Waals surface area contributed by atoms with Gasteiger partial charge in [0.05, 0.1) is 4.92 Å². The number of hydrogen-bond acceptors (Lipinski definition) is 5. The Morgan fingerprint density at radius 3 is 2.06 bits per heavy atom. The van der Waals surface area contributed by atoms with Gasteiger partial charge in [0.1, 0.15) is 10.3 Å². The van der Waals surface area contributed by atoms with Crippen LogP contribution in [0.2, 0.25) is 5.02 Å². The van der Waals surface area contributed by atoms with Crippen LogP contribution in [0.15, 0.2) is 73.7 Å². The van der Waals surface area contributed by atoms with Gasteiger partial charge in [-0.05, 0) is 48.5 Å². The van der Waals surface area contributed by atoms with Crippen LogP contribution in [0, 0.1) is 15.9 Å². The quantitative estimate of drug-likeness (QED) is 0.182. The van der Waals surface area contributed by atoms with Gasteiger partial charge in [0.25, 0.3) is 0 Å². The van der Waals surface area contributed by atoms with Gasteiger partial charge in [0.2, 0.25) is 0 Å². The first-order chi connectivity index (χ1) is 14.8. The molecule has 164 valence electrons. The normalized spacial score (nSPS) is 14.9. The van der Waals surface area contributed by atoms with Crippen LogP contribution in [0.1, 0.15) is 0 Å². The van der Waals surface area contributed by atoms with E-state index in [0.29, 0.717) is 36.2 Å². The van der Waals surface area contributed by atoms with E-state index in [0.717, 1.165) is 10.6 Å². The Labute approximate surface area is 203 Å². The van der Waals surface area contributed by atoms with Gasteiger partial charge in [-0.3, -0.25) is 10.1 Å². The third kappa shape index (κ3) is 6.20. The minimum atomic E-state index is -0.586. The smallest absolute Gasteiger partial charge is 0.320 e. The molecule has 0 radical (unpaired) electrons. The van der Waals surface area contributed by atoms with E-state index in [9.17, 15) is 14.5 Å². The molecule has 5 nitrogen and oxygen atoms in total. The van der Waals surface area contributed by atoms with Crippen LogP contribution >= 0.6 is 58.2 Å². The third-order valence-electron chi connectivity index (χ3n) is 4.55. The Morgan fingerprint density at radius 1 is 0.968 bits per heavy atom. The van der Waals surface area contributed by atoms with Crippen LogP contribution < -0.4 is 4.90 Å². The first-order valence-corrected chi connectivity index (χ1v) is 11.4. The second kappa shape index (κ2) is 10.8. The molecule has 0 unspecified atom stereocenters. The van der Waals surface area contributed by atoms with Crippen molar-refractivity contribution in [1.82, 2.24) is 4.90 Å². The predicted molar refractivity (Wildman–Crippen MR) is 126 cm³/mol. The third-order valence-corrected chi connectivity index (χ3v) is 6.89. The number of piperazine rings is 1. The molecule has 2 aromatic carbocycles. The highest BCUT2D eigenvalue weighted by Gasteiger charge is 2.31. The number of nitrogens with zero attached hydrogens (tertiary/aromatic N) is 3. The Morgan fingerprint density at radius 2 is 1.55 bits per heavy atom. The molecule has 2 aromatic rings. The summed E-state index contributed by atoms with van der Waals surface area (Å²) in [6.45, 7) is 2.12. The number of rotatable bonds is 6. The molecule has 0 bridgehead atoms. The summed E-state index contributed by atoms with van der Waals surface area (Å²) >= 11 is 24.8. The van der Waals surface area contributed by atoms with Crippen LogP contribution in [0.5, 0.6) is 0 Å². The molecule has 11 heteroatoms. The van der Waals surface area contributed by atoms with Gasteiger partial charge in [-0.15, -0.1) is 0 Å². The maximum atomic E-state index is 13.2. The van der Waals surface area contributed by atoms with E-state index in [1.54, 1.807) is 36.4 Å². The molecule has 1 heterocycles. The topological polar surface area (TPSA) is 49.6 Å². The Balaban J connectivity index is 1.92. The van der Waals surface area contributed by atoms with Gasteiger partial charge in [-0.2, -0.15) is 0 Å². The molecule has 0 saturated carbocycles. The number of nitro groups is 1. The SMILES string of the molecule is O=[N+]([O-])/C(C(Cl)=C(Cl)Cl)=C(\Sc1ccc(Cl)cc1)N1CCN(c2ccc(F)cc2)CC1. The zero-order chi connectivity index (χ0) is 22.5. The summed E-state index contributed by atoms with van der Waals surface area (Å²) in [5, 5.41) is 12.5. The van der Waals surface area contributed by atoms with Crippen molar-refractivity contribution < 1.29 is 9.31 Å². The largest absolute Gasteiger partial charge is 0.368 e. The predicted octanol–water partition coefficient (Wildman–Crippen LogP) is 6.72. The number of allylic oxidation sites excluding steroid dienone is 1. The molecule has 3 rings (SSSR count).